The molecule has 1 heterocycles. The lowest BCUT2D eigenvalue weighted by Crippen LogP contribution is -2.05. The van der Waals surface area contributed by atoms with Crippen molar-refractivity contribution in [3.05, 3.63) is 45.5 Å². The van der Waals surface area contributed by atoms with Gasteiger partial charge in [-0.05, 0) is 24.6 Å². The average Bonchev–Trinajstić information content (AvgIpc) is 2.22. The fourth-order valence-corrected chi connectivity index (χ4v) is 1.79. The minimum Gasteiger partial charge on any atom is -0.368 e. The van der Waals surface area contributed by atoms with E-state index in [4.69, 9.17) is 28.9 Å². The van der Waals surface area contributed by atoms with Crippen molar-refractivity contribution in [3.8, 4) is 0 Å². The van der Waals surface area contributed by atoms with Gasteiger partial charge in [-0.2, -0.15) is 9.97 Å². The highest BCUT2D eigenvalue weighted by Gasteiger charge is 2.05. The van der Waals surface area contributed by atoms with Gasteiger partial charge in [0.1, 0.15) is 11.6 Å². The molecule has 0 amide bonds. The first kappa shape index (κ1) is 12.1. The zero-order chi connectivity index (χ0) is 12.4. The molecule has 0 aliphatic carbocycles. The molecule has 0 saturated carbocycles. The lowest BCUT2D eigenvalue weighted by atomic mass is 10.1. The minimum absolute atomic E-state index is 0.229. The molecule has 88 valence electrons. The van der Waals surface area contributed by atoms with Gasteiger partial charge in [-0.3, -0.25) is 0 Å². The number of nitrogens with two attached hydrogens (primary N) is 1. The zero-order valence-corrected chi connectivity index (χ0v) is 10.6. The van der Waals surface area contributed by atoms with Crippen molar-refractivity contribution in [3.63, 3.8) is 0 Å². The zero-order valence-electron chi connectivity index (χ0n) is 9.11. The number of aromatic nitrogens is 3. The van der Waals surface area contributed by atoms with Gasteiger partial charge in [0.05, 0.1) is 10.0 Å². The molecular weight excluding hydrogens is 259 g/mol. The molecule has 0 radical (unpaired) electrons. The molecule has 17 heavy (non-hydrogen) atoms. The number of hydrogen-bond donors (Lipinski definition) is 1. The Labute approximate surface area is 109 Å². The molecule has 0 saturated heterocycles. The number of anilines is 1. The highest BCUT2D eigenvalue weighted by atomic mass is 35.5. The summed E-state index contributed by atoms with van der Waals surface area (Å²) in [7, 11) is 0. The van der Waals surface area contributed by atoms with E-state index in [2.05, 4.69) is 15.0 Å². The van der Waals surface area contributed by atoms with Crippen LogP contribution in [0.25, 0.3) is 0 Å². The third-order valence-electron chi connectivity index (χ3n) is 2.16. The third kappa shape index (κ3) is 3.05. The van der Waals surface area contributed by atoms with Crippen LogP contribution in [0.15, 0.2) is 18.2 Å². The molecule has 2 N–H and O–H groups in total. The van der Waals surface area contributed by atoms with Gasteiger partial charge in [-0.15, -0.1) is 0 Å². The summed E-state index contributed by atoms with van der Waals surface area (Å²) in [5.41, 5.74) is 6.53. The van der Waals surface area contributed by atoms with Crippen LogP contribution < -0.4 is 5.73 Å². The number of rotatable bonds is 2. The van der Waals surface area contributed by atoms with Gasteiger partial charge in [0.2, 0.25) is 5.95 Å². The Morgan fingerprint density at radius 1 is 1.12 bits per heavy atom. The second kappa shape index (κ2) is 4.85. The summed E-state index contributed by atoms with van der Waals surface area (Å²) in [6.45, 7) is 1.77. The molecule has 1 aromatic carbocycles. The number of hydrogen-bond acceptors (Lipinski definition) is 4. The molecule has 2 aromatic rings. The first-order chi connectivity index (χ1) is 8.04. The minimum atomic E-state index is 0.229. The summed E-state index contributed by atoms with van der Waals surface area (Å²) in [5.74, 6) is 1.45. The van der Waals surface area contributed by atoms with E-state index in [0.717, 1.165) is 5.56 Å². The quantitative estimate of drug-likeness (QED) is 0.910. The van der Waals surface area contributed by atoms with Gasteiger partial charge in [-0.25, -0.2) is 4.98 Å². The molecular formula is C11H10Cl2N4. The Morgan fingerprint density at radius 2 is 1.88 bits per heavy atom. The molecule has 2 rings (SSSR count). The SMILES string of the molecule is Cc1nc(N)nc(Cc2ccc(Cl)c(Cl)c2)n1. The van der Waals surface area contributed by atoms with Crippen LogP contribution in [0.5, 0.6) is 0 Å². The van der Waals surface area contributed by atoms with Crippen LogP contribution >= 0.6 is 23.2 Å². The molecule has 0 spiro atoms. The first-order valence-electron chi connectivity index (χ1n) is 4.95. The van der Waals surface area contributed by atoms with E-state index in [1.54, 1.807) is 19.1 Å². The van der Waals surface area contributed by atoms with E-state index in [1.807, 2.05) is 6.07 Å². The molecule has 0 unspecified atom stereocenters. The topological polar surface area (TPSA) is 64.7 Å². The predicted molar refractivity (Wildman–Crippen MR) is 68.2 cm³/mol. The Balaban J connectivity index is 2.28. The molecule has 6 heteroatoms. The summed E-state index contributed by atoms with van der Waals surface area (Å²) >= 11 is 11.8. The van der Waals surface area contributed by atoms with Crippen molar-refractivity contribution in [2.24, 2.45) is 0 Å². The van der Waals surface area contributed by atoms with E-state index in [0.29, 0.717) is 28.1 Å². The molecule has 0 aliphatic heterocycles. The van der Waals surface area contributed by atoms with Crippen LogP contribution in [0.3, 0.4) is 0 Å². The van der Waals surface area contributed by atoms with E-state index in [-0.39, 0.29) is 5.95 Å². The maximum Gasteiger partial charge on any atom is 0.223 e. The fourth-order valence-electron chi connectivity index (χ4n) is 1.47. The standard InChI is InChI=1S/C11H10Cl2N4/c1-6-15-10(17-11(14)16-6)5-7-2-3-8(12)9(13)4-7/h2-4H,5H2,1H3,(H2,14,15,16,17). The maximum atomic E-state index is 5.93. The van der Waals surface area contributed by atoms with E-state index < -0.39 is 0 Å². The molecule has 0 fully saturated rings. The van der Waals surface area contributed by atoms with Crippen molar-refractivity contribution < 1.29 is 0 Å². The average molecular weight is 269 g/mol. The normalized spacial score (nSPS) is 10.5. The van der Waals surface area contributed by atoms with Crippen molar-refractivity contribution in [2.75, 3.05) is 5.73 Å². The van der Waals surface area contributed by atoms with Gasteiger partial charge in [0.25, 0.3) is 0 Å². The number of halogens is 2. The summed E-state index contributed by atoms with van der Waals surface area (Å²) in [6.07, 6.45) is 0.546. The van der Waals surface area contributed by atoms with Crippen LogP contribution in [0.4, 0.5) is 5.95 Å². The van der Waals surface area contributed by atoms with Crippen LogP contribution in [0, 0.1) is 6.92 Å². The largest absolute Gasteiger partial charge is 0.368 e. The van der Waals surface area contributed by atoms with Crippen molar-refractivity contribution in [1.82, 2.24) is 15.0 Å². The number of aryl methyl sites for hydroxylation is 1. The van der Waals surface area contributed by atoms with Gasteiger partial charge >= 0.3 is 0 Å². The highest BCUT2D eigenvalue weighted by molar-refractivity contribution is 6.42. The lowest BCUT2D eigenvalue weighted by Gasteiger charge is -2.04. The van der Waals surface area contributed by atoms with Gasteiger partial charge in [-0.1, -0.05) is 29.3 Å². The predicted octanol–water partition coefficient (Wildman–Crippen LogP) is 2.66. The van der Waals surface area contributed by atoms with Crippen LogP contribution in [-0.4, -0.2) is 15.0 Å². The molecule has 4 nitrogen and oxygen atoms in total. The summed E-state index contributed by atoms with van der Waals surface area (Å²) in [6, 6.07) is 5.42. The van der Waals surface area contributed by atoms with E-state index in [1.165, 1.54) is 0 Å². The van der Waals surface area contributed by atoms with Crippen LogP contribution in [0.1, 0.15) is 17.2 Å². The second-order valence-electron chi connectivity index (χ2n) is 3.58. The Hall–Kier alpha value is -1.39. The number of nitrogen functional groups attached to an aromatic ring is 1. The maximum absolute atomic E-state index is 5.93. The van der Waals surface area contributed by atoms with Gasteiger partial charge in [0.15, 0.2) is 0 Å². The van der Waals surface area contributed by atoms with Crippen molar-refractivity contribution in [2.45, 2.75) is 13.3 Å². The number of benzene rings is 1. The molecule has 0 bridgehead atoms. The summed E-state index contributed by atoms with van der Waals surface area (Å²) in [4.78, 5) is 12.2. The molecule has 1 aromatic heterocycles. The summed E-state index contributed by atoms with van der Waals surface area (Å²) < 4.78 is 0. The van der Waals surface area contributed by atoms with Crippen molar-refractivity contribution >= 4 is 29.2 Å². The number of nitrogens with zero attached hydrogens (tertiary/aromatic N) is 3. The summed E-state index contributed by atoms with van der Waals surface area (Å²) in [5, 5.41) is 1.05. The van der Waals surface area contributed by atoms with Crippen molar-refractivity contribution in [1.29, 1.82) is 0 Å². The van der Waals surface area contributed by atoms with E-state index >= 15 is 0 Å². The fraction of sp³-hybridized carbons (Fsp3) is 0.182. The Bertz CT molecular complexity index is 537. The van der Waals surface area contributed by atoms with Gasteiger partial charge < -0.3 is 5.73 Å². The highest BCUT2D eigenvalue weighted by Crippen LogP contribution is 2.23. The first-order valence-corrected chi connectivity index (χ1v) is 5.71. The molecule has 0 aliphatic rings. The Kier molecular flexibility index (Phi) is 3.45. The smallest absolute Gasteiger partial charge is 0.223 e. The molecule has 0 atom stereocenters. The Morgan fingerprint density at radius 3 is 2.53 bits per heavy atom. The van der Waals surface area contributed by atoms with Gasteiger partial charge in [0, 0.05) is 6.42 Å². The van der Waals surface area contributed by atoms with Crippen LogP contribution in [0.2, 0.25) is 10.0 Å². The van der Waals surface area contributed by atoms with Crippen LogP contribution in [-0.2, 0) is 6.42 Å². The van der Waals surface area contributed by atoms with E-state index in [9.17, 15) is 0 Å². The third-order valence-corrected chi connectivity index (χ3v) is 2.90. The monoisotopic (exact) mass is 268 g/mol. The second-order valence-corrected chi connectivity index (χ2v) is 4.40. The lowest BCUT2D eigenvalue weighted by molar-refractivity contribution is 0.890.